The van der Waals surface area contributed by atoms with E-state index in [2.05, 4.69) is 36.0 Å². The summed E-state index contributed by atoms with van der Waals surface area (Å²) in [5, 5.41) is 0. The van der Waals surface area contributed by atoms with E-state index in [9.17, 15) is 8.42 Å². The zero-order valence-electron chi connectivity index (χ0n) is 12.4. The van der Waals surface area contributed by atoms with Crippen LogP contribution in [0.2, 0.25) is 0 Å². The van der Waals surface area contributed by atoms with Crippen molar-refractivity contribution in [2.24, 2.45) is 0 Å². The number of pyridine rings is 1. The molecule has 4 nitrogen and oxygen atoms in total. The van der Waals surface area contributed by atoms with Crippen LogP contribution in [0.5, 0.6) is 0 Å². The third-order valence-corrected chi connectivity index (χ3v) is 3.73. The molecule has 0 saturated carbocycles. The maximum absolute atomic E-state index is 10.5. The molecule has 0 atom stereocenters. The van der Waals surface area contributed by atoms with Gasteiger partial charge in [0.1, 0.15) is 6.54 Å². The Kier molecular flexibility index (Phi) is 7.05. The summed E-state index contributed by atoms with van der Waals surface area (Å²) >= 11 is 0. The molecule has 0 unspecified atom stereocenters. The van der Waals surface area contributed by atoms with Crippen molar-refractivity contribution in [2.75, 3.05) is 0 Å². The van der Waals surface area contributed by atoms with Crippen molar-refractivity contribution >= 4 is 10.1 Å². The Labute approximate surface area is 126 Å². The predicted octanol–water partition coefficient (Wildman–Crippen LogP) is 3.02. The van der Waals surface area contributed by atoms with Crippen molar-refractivity contribution in [1.82, 2.24) is 0 Å². The Morgan fingerprint density at radius 3 is 2.10 bits per heavy atom. The molecule has 2 rings (SSSR count). The quantitative estimate of drug-likeness (QED) is 0.698. The summed E-state index contributed by atoms with van der Waals surface area (Å²) in [6.07, 6.45) is 6.75. The summed E-state index contributed by atoms with van der Waals surface area (Å²) in [6.45, 7) is 5.20. The standard InChI is InChI=1S/C9H14N.C7H8O3S/c1-2-3-7-10-8-5-4-6-9-10;1-6-2-4-7(5-3-6)11(8,9)10/h4-6,8-9H,2-3,7H2,1H3;2-5H,1H3,(H,8,9,10)/q+1;. The summed E-state index contributed by atoms with van der Waals surface area (Å²) in [4.78, 5) is -0.0666. The van der Waals surface area contributed by atoms with E-state index in [-0.39, 0.29) is 4.90 Å². The van der Waals surface area contributed by atoms with Crippen LogP contribution in [0.15, 0.2) is 59.8 Å². The lowest BCUT2D eigenvalue weighted by molar-refractivity contribution is -0.697. The fourth-order valence-electron chi connectivity index (χ4n) is 1.63. The minimum Gasteiger partial charge on any atom is -0.282 e. The molecule has 0 aliphatic rings. The Balaban J connectivity index is 0.000000211. The van der Waals surface area contributed by atoms with E-state index in [1.165, 1.54) is 25.0 Å². The van der Waals surface area contributed by atoms with Gasteiger partial charge in [-0.25, -0.2) is 4.57 Å². The number of aromatic nitrogens is 1. The average molecular weight is 308 g/mol. The van der Waals surface area contributed by atoms with E-state index >= 15 is 0 Å². The Hall–Kier alpha value is -1.72. The van der Waals surface area contributed by atoms with E-state index in [0.717, 1.165) is 12.1 Å². The van der Waals surface area contributed by atoms with Crippen LogP contribution in [-0.4, -0.2) is 13.0 Å². The summed E-state index contributed by atoms with van der Waals surface area (Å²) in [7, 11) is -4.02. The molecular weight excluding hydrogens is 286 g/mol. The second-order valence-electron chi connectivity index (χ2n) is 4.75. The van der Waals surface area contributed by atoms with Gasteiger partial charge in [0, 0.05) is 18.6 Å². The van der Waals surface area contributed by atoms with Crippen LogP contribution >= 0.6 is 0 Å². The van der Waals surface area contributed by atoms with Crippen molar-refractivity contribution in [3.63, 3.8) is 0 Å². The highest BCUT2D eigenvalue weighted by atomic mass is 32.2. The summed E-state index contributed by atoms with van der Waals surface area (Å²) in [5.41, 5.74) is 0.956. The lowest BCUT2D eigenvalue weighted by Crippen LogP contribution is -2.31. The first-order valence-corrected chi connectivity index (χ1v) is 8.35. The fourth-order valence-corrected chi connectivity index (χ4v) is 2.11. The first-order valence-electron chi connectivity index (χ1n) is 6.91. The zero-order chi connectivity index (χ0) is 15.7. The van der Waals surface area contributed by atoms with E-state index in [0.29, 0.717) is 0 Å². The molecule has 2 aromatic rings. The number of nitrogens with zero attached hydrogens (tertiary/aromatic N) is 1. The number of aryl methyl sites for hydroxylation is 2. The van der Waals surface area contributed by atoms with Crippen molar-refractivity contribution in [3.8, 4) is 0 Å². The molecule has 0 saturated heterocycles. The lowest BCUT2D eigenvalue weighted by atomic mass is 10.2. The third-order valence-electron chi connectivity index (χ3n) is 2.87. The highest BCUT2D eigenvalue weighted by Crippen LogP contribution is 2.08. The van der Waals surface area contributed by atoms with Gasteiger partial charge in [0.25, 0.3) is 10.1 Å². The van der Waals surface area contributed by atoms with Crippen LogP contribution in [0, 0.1) is 6.92 Å². The van der Waals surface area contributed by atoms with E-state index in [1.807, 2.05) is 13.0 Å². The average Bonchev–Trinajstić information content (AvgIpc) is 2.46. The van der Waals surface area contributed by atoms with Gasteiger partial charge in [0.15, 0.2) is 12.4 Å². The molecule has 0 aliphatic heterocycles. The van der Waals surface area contributed by atoms with Gasteiger partial charge in [-0.3, -0.25) is 4.55 Å². The van der Waals surface area contributed by atoms with Crippen molar-refractivity contribution in [3.05, 3.63) is 60.4 Å². The van der Waals surface area contributed by atoms with Gasteiger partial charge in [0.05, 0.1) is 4.90 Å². The topological polar surface area (TPSA) is 58.2 Å². The largest absolute Gasteiger partial charge is 0.294 e. The minimum absolute atomic E-state index is 0.0666. The van der Waals surface area contributed by atoms with Gasteiger partial charge in [0.2, 0.25) is 0 Å². The molecule has 0 amide bonds. The molecule has 5 heteroatoms. The van der Waals surface area contributed by atoms with E-state index in [1.54, 1.807) is 12.1 Å². The number of unbranched alkanes of at least 4 members (excludes halogenated alkanes) is 1. The molecule has 21 heavy (non-hydrogen) atoms. The molecule has 1 N–H and O–H groups in total. The van der Waals surface area contributed by atoms with Crippen LogP contribution < -0.4 is 4.57 Å². The third kappa shape index (κ3) is 7.02. The SMILES string of the molecule is CCCC[n+]1ccccc1.Cc1ccc(S(=O)(=O)O)cc1. The Morgan fingerprint density at radius 2 is 1.62 bits per heavy atom. The maximum Gasteiger partial charge on any atom is 0.294 e. The first-order chi connectivity index (χ1) is 9.93. The van der Waals surface area contributed by atoms with Crippen molar-refractivity contribution in [2.45, 2.75) is 38.1 Å². The number of hydrogen-bond acceptors (Lipinski definition) is 2. The minimum atomic E-state index is -4.02. The monoisotopic (exact) mass is 308 g/mol. The molecular formula is C16H22NO3S+. The van der Waals surface area contributed by atoms with Gasteiger partial charge in [-0.15, -0.1) is 0 Å². The molecule has 1 aromatic heterocycles. The van der Waals surface area contributed by atoms with E-state index in [4.69, 9.17) is 4.55 Å². The van der Waals surface area contributed by atoms with Crippen LogP contribution in [0.3, 0.4) is 0 Å². The normalized spacial score (nSPS) is 10.6. The second-order valence-corrected chi connectivity index (χ2v) is 6.18. The molecule has 0 radical (unpaired) electrons. The van der Waals surface area contributed by atoms with Crippen LogP contribution in [0.4, 0.5) is 0 Å². The molecule has 0 bridgehead atoms. The highest BCUT2D eigenvalue weighted by Gasteiger charge is 2.06. The van der Waals surface area contributed by atoms with Gasteiger partial charge in [-0.2, -0.15) is 8.42 Å². The van der Waals surface area contributed by atoms with Crippen molar-refractivity contribution in [1.29, 1.82) is 0 Å². The lowest BCUT2D eigenvalue weighted by Gasteiger charge is -1.95. The smallest absolute Gasteiger partial charge is 0.282 e. The summed E-state index contributed by atoms with van der Waals surface area (Å²) in [5.74, 6) is 0. The number of hydrogen-bond donors (Lipinski definition) is 1. The predicted molar refractivity (Wildman–Crippen MR) is 82.5 cm³/mol. The molecule has 1 heterocycles. The highest BCUT2D eigenvalue weighted by molar-refractivity contribution is 7.85. The maximum atomic E-state index is 10.5. The van der Waals surface area contributed by atoms with Gasteiger partial charge >= 0.3 is 0 Å². The number of benzene rings is 1. The summed E-state index contributed by atoms with van der Waals surface area (Å²) < 4.78 is 31.8. The van der Waals surface area contributed by atoms with Crippen LogP contribution in [0.1, 0.15) is 25.3 Å². The zero-order valence-corrected chi connectivity index (χ0v) is 13.3. The van der Waals surface area contributed by atoms with Gasteiger partial charge in [-0.05, 0) is 19.1 Å². The van der Waals surface area contributed by atoms with Gasteiger partial charge in [-0.1, -0.05) is 37.1 Å². The first kappa shape index (κ1) is 17.3. The van der Waals surface area contributed by atoms with Crippen LogP contribution in [0.25, 0.3) is 0 Å². The van der Waals surface area contributed by atoms with Gasteiger partial charge < -0.3 is 0 Å². The molecule has 1 aromatic carbocycles. The Bertz CT molecular complexity index is 622. The van der Waals surface area contributed by atoms with Crippen LogP contribution in [-0.2, 0) is 16.7 Å². The Morgan fingerprint density at radius 1 is 1.05 bits per heavy atom. The summed E-state index contributed by atoms with van der Waals surface area (Å²) in [6, 6.07) is 12.2. The van der Waals surface area contributed by atoms with E-state index < -0.39 is 10.1 Å². The second kappa shape index (κ2) is 8.54. The molecule has 0 aliphatic carbocycles. The molecule has 0 spiro atoms. The molecule has 114 valence electrons. The van der Waals surface area contributed by atoms with Crippen molar-refractivity contribution < 1.29 is 17.5 Å². The molecule has 0 fully saturated rings. The number of rotatable bonds is 4. The fraction of sp³-hybridized carbons (Fsp3) is 0.312.